The highest BCUT2D eigenvalue weighted by molar-refractivity contribution is 5.86. The van der Waals surface area contributed by atoms with Gasteiger partial charge in [0.15, 0.2) is 0 Å². The SMILES string of the molecule is Cc1ccccc1NCC(=O)N/N=C\c1cc([N+](=O)[O-])ccc1[O-]. The summed E-state index contributed by atoms with van der Waals surface area (Å²) in [6.07, 6.45) is 1.08. The summed E-state index contributed by atoms with van der Waals surface area (Å²) in [5.74, 6) is -0.830. The minimum absolute atomic E-state index is 0.00135. The van der Waals surface area contributed by atoms with Crippen LogP contribution in [0, 0.1) is 17.0 Å². The number of para-hydroxylation sites is 1. The Balaban J connectivity index is 1.92. The van der Waals surface area contributed by atoms with Crippen molar-refractivity contribution in [1.29, 1.82) is 0 Å². The molecule has 0 unspecified atom stereocenters. The number of nitro groups is 1. The Kier molecular flexibility index (Phi) is 5.45. The van der Waals surface area contributed by atoms with Gasteiger partial charge in [0.05, 0.1) is 17.7 Å². The lowest BCUT2D eigenvalue weighted by Crippen LogP contribution is -2.26. The van der Waals surface area contributed by atoms with Crippen LogP contribution in [0.25, 0.3) is 0 Å². The molecule has 2 aromatic carbocycles. The first-order valence-electron chi connectivity index (χ1n) is 7.04. The second-order valence-corrected chi connectivity index (χ2v) is 4.94. The van der Waals surface area contributed by atoms with Crippen LogP contribution >= 0.6 is 0 Å². The van der Waals surface area contributed by atoms with Gasteiger partial charge in [-0.1, -0.05) is 30.0 Å². The second kappa shape index (κ2) is 7.73. The normalized spacial score (nSPS) is 10.5. The van der Waals surface area contributed by atoms with Crippen LogP contribution in [0.15, 0.2) is 47.6 Å². The zero-order valence-corrected chi connectivity index (χ0v) is 12.9. The third-order valence-corrected chi connectivity index (χ3v) is 3.18. The summed E-state index contributed by atoms with van der Waals surface area (Å²) in [5, 5.41) is 28.9. The highest BCUT2D eigenvalue weighted by Gasteiger charge is 2.06. The van der Waals surface area contributed by atoms with E-state index in [1.807, 2.05) is 31.2 Å². The highest BCUT2D eigenvalue weighted by Crippen LogP contribution is 2.19. The molecule has 0 aromatic heterocycles. The molecule has 2 rings (SSSR count). The smallest absolute Gasteiger partial charge is 0.270 e. The van der Waals surface area contributed by atoms with Crippen molar-refractivity contribution in [2.75, 3.05) is 11.9 Å². The van der Waals surface area contributed by atoms with E-state index in [2.05, 4.69) is 15.8 Å². The molecule has 0 radical (unpaired) electrons. The van der Waals surface area contributed by atoms with E-state index in [0.29, 0.717) is 0 Å². The Morgan fingerprint density at radius 3 is 2.75 bits per heavy atom. The van der Waals surface area contributed by atoms with E-state index in [1.165, 1.54) is 0 Å². The maximum atomic E-state index is 11.7. The van der Waals surface area contributed by atoms with Crippen LogP contribution in [0.3, 0.4) is 0 Å². The minimum atomic E-state index is -0.610. The lowest BCUT2D eigenvalue weighted by atomic mass is 10.2. The number of carbonyl (C=O) groups excluding carboxylic acids is 1. The Labute approximate surface area is 138 Å². The van der Waals surface area contributed by atoms with Crippen LogP contribution < -0.4 is 15.8 Å². The van der Waals surface area contributed by atoms with Gasteiger partial charge in [0, 0.05) is 17.8 Å². The number of amides is 1. The van der Waals surface area contributed by atoms with E-state index in [4.69, 9.17) is 0 Å². The standard InChI is InChI=1S/C16H16N4O4/c1-11-4-2-3-5-14(11)17-10-16(22)19-18-9-12-8-13(20(23)24)6-7-15(12)21/h2-9,17,21H,10H2,1H3,(H,19,22)/p-1/b18-9-. The van der Waals surface area contributed by atoms with E-state index in [-0.39, 0.29) is 17.8 Å². The molecule has 124 valence electrons. The molecule has 1 amide bonds. The fourth-order valence-electron chi connectivity index (χ4n) is 1.91. The molecule has 0 aliphatic heterocycles. The van der Waals surface area contributed by atoms with Crippen molar-refractivity contribution >= 4 is 23.5 Å². The van der Waals surface area contributed by atoms with Crippen LogP contribution in [0.5, 0.6) is 5.75 Å². The van der Waals surface area contributed by atoms with Gasteiger partial charge in [-0.2, -0.15) is 5.10 Å². The molecule has 0 atom stereocenters. The van der Waals surface area contributed by atoms with Gasteiger partial charge in [-0.15, -0.1) is 0 Å². The average molecular weight is 327 g/mol. The number of anilines is 1. The van der Waals surface area contributed by atoms with Gasteiger partial charge in [-0.25, -0.2) is 5.43 Å². The molecular weight excluding hydrogens is 312 g/mol. The second-order valence-electron chi connectivity index (χ2n) is 4.94. The lowest BCUT2D eigenvalue weighted by Gasteiger charge is -2.09. The number of hydrogen-bond donors (Lipinski definition) is 2. The Morgan fingerprint density at radius 1 is 1.29 bits per heavy atom. The fraction of sp³-hybridized carbons (Fsp3) is 0.125. The molecule has 0 bridgehead atoms. The molecular formula is C16H15N4O4-. The summed E-state index contributed by atoms with van der Waals surface area (Å²) in [5.41, 5.74) is 3.89. The zero-order chi connectivity index (χ0) is 17.5. The Morgan fingerprint density at radius 2 is 2.04 bits per heavy atom. The van der Waals surface area contributed by atoms with Gasteiger partial charge in [0.2, 0.25) is 0 Å². The molecule has 2 N–H and O–H groups in total. The fourth-order valence-corrected chi connectivity index (χ4v) is 1.91. The molecule has 0 aliphatic carbocycles. The number of hydrazone groups is 1. The van der Waals surface area contributed by atoms with E-state index in [1.54, 1.807) is 0 Å². The predicted octanol–water partition coefficient (Wildman–Crippen LogP) is 1.54. The van der Waals surface area contributed by atoms with Gasteiger partial charge < -0.3 is 10.4 Å². The van der Waals surface area contributed by atoms with Gasteiger partial charge in [0.25, 0.3) is 11.6 Å². The molecule has 2 aromatic rings. The Bertz CT molecular complexity index is 789. The lowest BCUT2D eigenvalue weighted by molar-refractivity contribution is -0.385. The minimum Gasteiger partial charge on any atom is -0.872 e. The molecule has 0 spiro atoms. The topological polar surface area (TPSA) is 120 Å². The summed E-state index contributed by atoms with van der Waals surface area (Å²) in [4.78, 5) is 21.8. The van der Waals surface area contributed by atoms with Crippen molar-refractivity contribution in [3.05, 3.63) is 63.7 Å². The van der Waals surface area contributed by atoms with E-state index >= 15 is 0 Å². The number of rotatable bonds is 6. The summed E-state index contributed by atoms with van der Waals surface area (Å²) < 4.78 is 0. The third-order valence-electron chi connectivity index (χ3n) is 3.18. The first kappa shape index (κ1) is 16.9. The van der Waals surface area contributed by atoms with Crippen molar-refractivity contribution < 1.29 is 14.8 Å². The van der Waals surface area contributed by atoms with E-state index < -0.39 is 16.6 Å². The van der Waals surface area contributed by atoms with Gasteiger partial charge in [-0.05, 0) is 24.1 Å². The average Bonchev–Trinajstić information content (AvgIpc) is 2.55. The predicted molar refractivity (Wildman–Crippen MR) is 87.9 cm³/mol. The van der Waals surface area contributed by atoms with E-state index in [0.717, 1.165) is 35.7 Å². The largest absolute Gasteiger partial charge is 0.872 e. The van der Waals surface area contributed by atoms with Gasteiger partial charge in [-0.3, -0.25) is 14.9 Å². The number of nitrogens with zero attached hydrogens (tertiary/aromatic N) is 2. The van der Waals surface area contributed by atoms with Crippen LogP contribution in [-0.2, 0) is 4.79 Å². The molecule has 0 aliphatic rings. The zero-order valence-electron chi connectivity index (χ0n) is 12.9. The van der Waals surface area contributed by atoms with Crippen LogP contribution in [0.1, 0.15) is 11.1 Å². The molecule has 0 heterocycles. The number of aryl methyl sites for hydroxylation is 1. The van der Waals surface area contributed by atoms with E-state index in [9.17, 15) is 20.0 Å². The Hall–Kier alpha value is -3.42. The molecule has 0 saturated carbocycles. The van der Waals surface area contributed by atoms with Crippen molar-refractivity contribution in [2.24, 2.45) is 5.10 Å². The maximum absolute atomic E-state index is 11.7. The highest BCUT2D eigenvalue weighted by atomic mass is 16.6. The number of hydrogen-bond acceptors (Lipinski definition) is 6. The molecule has 8 nitrogen and oxygen atoms in total. The summed E-state index contributed by atoms with van der Waals surface area (Å²) in [6, 6.07) is 10.8. The summed E-state index contributed by atoms with van der Waals surface area (Å²) in [6.45, 7) is 1.91. The number of carbonyl (C=O) groups is 1. The van der Waals surface area contributed by atoms with Crippen molar-refractivity contribution in [1.82, 2.24) is 5.43 Å². The monoisotopic (exact) mass is 327 g/mol. The number of benzene rings is 2. The van der Waals surface area contributed by atoms with Crippen molar-refractivity contribution in [3.63, 3.8) is 0 Å². The van der Waals surface area contributed by atoms with Crippen LogP contribution in [0.2, 0.25) is 0 Å². The molecule has 0 saturated heterocycles. The maximum Gasteiger partial charge on any atom is 0.270 e. The van der Waals surface area contributed by atoms with Gasteiger partial charge in [0.1, 0.15) is 0 Å². The third kappa shape index (κ3) is 4.54. The quantitative estimate of drug-likeness (QED) is 0.474. The first-order chi connectivity index (χ1) is 11.5. The van der Waals surface area contributed by atoms with Crippen LogP contribution in [0.4, 0.5) is 11.4 Å². The van der Waals surface area contributed by atoms with Gasteiger partial charge >= 0.3 is 0 Å². The molecule has 24 heavy (non-hydrogen) atoms. The van der Waals surface area contributed by atoms with Crippen LogP contribution in [-0.4, -0.2) is 23.6 Å². The summed E-state index contributed by atoms with van der Waals surface area (Å²) in [7, 11) is 0. The number of nitro benzene ring substituents is 1. The first-order valence-corrected chi connectivity index (χ1v) is 7.04. The molecule has 8 heteroatoms. The number of nitrogens with one attached hydrogen (secondary N) is 2. The number of non-ortho nitro benzene ring substituents is 1. The molecule has 0 fully saturated rings. The van der Waals surface area contributed by atoms with Crippen molar-refractivity contribution in [2.45, 2.75) is 6.92 Å². The summed E-state index contributed by atoms with van der Waals surface area (Å²) >= 11 is 0. The van der Waals surface area contributed by atoms with Crippen molar-refractivity contribution in [3.8, 4) is 5.75 Å².